The molecule has 5 rings (SSSR count). The van der Waals surface area contributed by atoms with Gasteiger partial charge in [-0.1, -0.05) is 35.7 Å². The van der Waals surface area contributed by atoms with Gasteiger partial charge >= 0.3 is 0 Å². The van der Waals surface area contributed by atoms with Crippen molar-refractivity contribution in [3.8, 4) is 0 Å². The average Bonchev–Trinajstić information content (AvgIpc) is 2.96. The van der Waals surface area contributed by atoms with Crippen LogP contribution in [0.25, 0.3) is 10.9 Å². The first kappa shape index (κ1) is 28.9. The van der Waals surface area contributed by atoms with E-state index in [1.54, 1.807) is 30.0 Å². The Morgan fingerprint density at radius 2 is 1.90 bits per heavy atom. The van der Waals surface area contributed by atoms with E-state index in [0.717, 1.165) is 42.8 Å². The van der Waals surface area contributed by atoms with Crippen LogP contribution in [0, 0.1) is 13.8 Å². The number of nitrogens with one attached hydrogen (secondary N) is 2. The first-order chi connectivity index (χ1) is 19.7. The third-order valence-electron chi connectivity index (χ3n) is 7.71. The van der Waals surface area contributed by atoms with Crippen molar-refractivity contribution in [2.45, 2.75) is 45.6 Å². The van der Waals surface area contributed by atoms with Crippen molar-refractivity contribution < 1.29 is 4.79 Å². The van der Waals surface area contributed by atoms with Gasteiger partial charge < -0.3 is 10.2 Å². The Morgan fingerprint density at radius 1 is 1.15 bits per heavy atom. The minimum atomic E-state index is -0.344. The van der Waals surface area contributed by atoms with E-state index in [4.69, 9.17) is 16.6 Å². The molecule has 0 saturated carbocycles. The highest BCUT2D eigenvalue weighted by Crippen LogP contribution is 2.33. The summed E-state index contributed by atoms with van der Waals surface area (Å²) in [5, 5.41) is 4.21. The Bertz CT molecular complexity index is 1670. The Balaban J connectivity index is 1.49. The maximum absolute atomic E-state index is 13.6. The van der Waals surface area contributed by atoms with E-state index < -0.39 is 0 Å². The van der Waals surface area contributed by atoms with E-state index in [0.29, 0.717) is 28.5 Å². The number of rotatable bonds is 7. The number of aryl methyl sites for hydroxylation is 2. The number of benzene rings is 1. The maximum atomic E-state index is 13.6. The fraction of sp³-hybridized carbons (Fsp3) is 0.367. The molecule has 3 aromatic heterocycles. The van der Waals surface area contributed by atoms with Gasteiger partial charge in [0.05, 0.1) is 22.6 Å². The lowest BCUT2D eigenvalue weighted by Gasteiger charge is -2.34. The third-order valence-corrected chi connectivity index (χ3v) is 8.31. The van der Waals surface area contributed by atoms with Gasteiger partial charge in [0.1, 0.15) is 5.15 Å². The average molecular weight is 592 g/mol. The van der Waals surface area contributed by atoms with Gasteiger partial charge in [-0.25, -0.2) is 9.97 Å². The monoisotopic (exact) mass is 591 g/mol. The molecule has 1 aromatic carbocycles. The molecule has 4 aromatic rings. The summed E-state index contributed by atoms with van der Waals surface area (Å²) in [4.78, 5) is 42.4. The molecular formula is C30H34ClN7O2S. The lowest BCUT2D eigenvalue weighted by molar-refractivity contribution is 0.0980. The molecule has 1 unspecified atom stereocenters. The Morgan fingerprint density at radius 3 is 2.61 bits per heavy atom. The predicted octanol–water partition coefficient (Wildman–Crippen LogP) is 5.56. The van der Waals surface area contributed by atoms with Gasteiger partial charge in [-0.3, -0.25) is 23.9 Å². The van der Waals surface area contributed by atoms with Crippen molar-refractivity contribution in [1.29, 1.82) is 0 Å². The molecule has 0 aliphatic carbocycles. The van der Waals surface area contributed by atoms with Gasteiger partial charge in [-0.15, -0.1) is 0 Å². The molecule has 11 heteroatoms. The zero-order valence-electron chi connectivity index (χ0n) is 23.9. The lowest BCUT2D eigenvalue weighted by atomic mass is 9.89. The summed E-state index contributed by atoms with van der Waals surface area (Å²) >= 11 is 7.30. The van der Waals surface area contributed by atoms with Crippen molar-refractivity contribution in [2.75, 3.05) is 29.6 Å². The Hall–Kier alpha value is -3.63. The molecule has 4 heterocycles. The van der Waals surface area contributed by atoms with Crippen LogP contribution in [0.2, 0.25) is 5.15 Å². The molecule has 1 aliphatic rings. The number of fused-ring (bicyclic) bond motifs is 1. The van der Waals surface area contributed by atoms with Crippen LogP contribution in [-0.4, -0.2) is 44.8 Å². The van der Waals surface area contributed by atoms with Crippen molar-refractivity contribution in [2.24, 2.45) is 7.05 Å². The molecule has 1 amide bonds. The van der Waals surface area contributed by atoms with Crippen molar-refractivity contribution in [3.05, 3.63) is 86.2 Å². The topological polar surface area (TPSA) is 105 Å². The van der Waals surface area contributed by atoms with Crippen LogP contribution < -0.4 is 20.5 Å². The van der Waals surface area contributed by atoms with Crippen LogP contribution in [0.3, 0.4) is 0 Å². The van der Waals surface area contributed by atoms with E-state index in [2.05, 4.69) is 37.9 Å². The van der Waals surface area contributed by atoms with Crippen LogP contribution in [0.1, 0.15) is 64.6 Å². The Labute approximate surface area is 248 Å². The number of amides is 1. The summed E-state index contributed by atoms with van der Waals surface area (Å²) in [6, 6.07) is 11.2. The molecule has 1 atom stereocenters. The molecule has 0 bridgehead atoms. The van der Waals surface area contributed by atoms with Gasteiger partial charge in [0.25, 0.3) is 11.5 Å². The van der Waals surface area contributed by atoms with E-state index in [1.807, 2.05) is 38.2 Å². The first-order valence-electron chi connectivity index (χ1n) is 13.6. The number of hydrogen-bond donors (Lipinski definition) is 2. The fourth-order valence-electron chi connectivity index (χ4n) is 5.65. The molecule has 1 fully saturated rings. The second-order valence-corrected chi connectivity index (χ2v) is 11.5. The molecule has 214 valence electrons. The summed E-state index contributed by atoms with van der Waals surface area (Å²) in [6.45, 7) is 7.61. The molecule has 1 aliphatic heterocycles. The third kappa shape index (κ3) is 5.90. The van der Waals surface area contributed by atoms with Gasteiger partial charge in [-0.2, -0.15) is 0 Å². The largest absolute Gasteiger partial charge is 0.377 e. The van der Waals surface area contributed by atoms with Crippen molar-refractivity contribution in [3.63, 3.8) is 0 Å². The Kier molecular flexibility index (Phi) is 8.51. The van der Waals surface area contributed by atoms with E-state index in [-0.39, 0.29) is 28.4 Å². The number of halogens is 1. The predicted molar refractivity (Wildman–Crippen MR) is 167 cm³/mol. The zero-order valence-corrected chi connectivity index (χ0v) is 25.4. The number of carbonyl (C=O) groups excluding carboxylic acids is 1. The number of aromatic nitrogens is 4. The minimum Gasteiger partial charge on any atom is -0.377 e. The zero-order chi connectivity index (χ0) is 29.3. The molecule has 2 N–H and O–H groups in total. The maximum Gasteiger partial charge on any atom is 0.281 e. The summed E-state index contributed by atoms with van der Waals surface area (Å²) in [7, 11) is 1.79. The van der Waals surface area contributed by atoms with E-state index >= 15 is 0 Å². The van der Waals surface area contributed by atoms with Gasteiger partial charge in [-0.05, 0) is 74.9 Å². The number of hydrogen-bond acceptors (Lipinski definition) is 8. The lowest BCUT2D eigenvalue weighted by Crippen LogP contribution is -2.38. The van der Waals surface area contributed by atoms with Crippen molar-refractivity contribution >= 4 is 52.0 Å². The van der Waals surface area contributed by atoms with E-state index in [1.165, 1.54) is 17.5 Å². The smallest absolute Gasteiger partial charge is 0.281 e. The number of piperidine rings is 1. The summed E-state index contributed by atoms with van der Waals surface area (Å²) in [6.07, 6.45) is 5.53. The number of nitrogens with zero attached hydrogens (tertiary/aromatic N) is 5. The highest BCUT2D eigenvalue weighted by molar-refractivity contribution is 7.97. The minimum absolute atomic E-state index is 0.0828. The fourth-order valence-corrected chi connectivity index (χ4v) is 6.08. The number of pyridine rings is 2. The molecule has 0 radical (unpaired) electrons. The van der Waals surface area contributed by atoms with E-state index in [9.17, 15) is 9.59 Å². The molecule has 1 saturated heterocycles. The van der Waals surface area contributed by atoms with Crippen LogP contribution in [-0.2, 0) is 7.05 Å². The summed E-state index contributed by atoms with van der Waals surface area (Å²) in [5.41, 5.74) is 5.51. The van der Waals surface area contributed by atoms with Crippen molar-refractivity contribution in [1.82, 2.24) is 24.2 Å². The number of anilines is 2. The van der Waals surface area contributed by atoms with Gasteiger partial charge in [0.2, 0.25) is 5.95 Å². The standard InChI is InChI=1S/C30H34ClN7O2S/c1-17-15-22(19(3)33-24-8-9-25(31)34-27(24)28(39)36-41-5)26-23(16-17)29(40)37(4)30(35-26)38-13-10-20(11-14-38)21-7-6-12-32-18(21)2/h6-9,12,15-16,19-20,33H,10-11,13-14H2,1-5H3,(H,36,39). The SMILES string of the molecule is CSNC(=O)c1nc(Cl)ccc1NC(C)c1cc(C)cc2c(=O)n(C)c(N3CCC(c4cccnc4C)CC3)nc12. The van der Waals surface area contributed by atoms with Crippen LogP contribution in [0.15, 0.2) is 47.4 Å². The van der Waals surface area contributed by atoms with Crippen LogP contribution in [0.5, 0.6) is 0 Å². The highest BCUT2D eigenvalue weighted by Gasteiger charge is 2.26. The molecular weight excluding hydrogens is 558 g/mol. The first-order valence-corrected chi connectivity index (χ1v) is 15.2. The molecule has 41 heavy (non-hydrogen) atoms. The van der Waals surface area contributed by atoms with Gasteiger partial charge in [0.15, 0.2) is 5.69 Å². The molecule has 9 nitrogen and oxygen atoms in total. The second kappa shape index (κ2) is 12.1. The highest BCUT2D eigenvalue weighted by atomic mass is 35.5. The van der Waals surface area contributed by atoms with Crippen LogP contribution >= 0.6 is 23.5 Å². The summed E-state index contributed by atoms with van der Waals surface area (Å²) < 4.78 is 4.37. The summed E-state index contributed by atoms with van der Waals surface area (Å²) in [5.74, 6) is 0.752. The second-order valence-electron chi connectivity index (χ2n) is 10.5. The van der Waals surface area contributed by atoms with Crippen LogP contribution in [0.4, 0.5) is 11.6 Å². The molecule has 0 spiro atoms. The number of carbonyl (C=O) groups is 1. The van der Waals surface area contributed by atoms with Gasteiger partial charge in [0, 0.05) is 43.8 Å². The normalized spacial score (nSPS) is 14.7. The quantitative estimate of drug-likeness (QED) is 0.213.